The zero-order valence-corrected chi connectivity index (χ0v) is 14.8. The van der Waals surface area contributed by atoms with E-state index in [9.17, 15) is 14.3 Å². The molecular weight excluding hydrogens is 339 g/mol. The third kappa shape index (κ3) is 4.04. The number of pyridine rings is 1. The Labute approximate surface area is 151 Å². The fourth-order valence-corrected chi connectivity index (χ4v) is 3.09. The molecule has 1 unspecified atom stereocenters. The zero-order valence-electron chi connectivity index (χ0n) is 14.8. The Kier molecular flexibility index (Phi) is 5.88. The number of aromatic nitrogens is 1. The first kappa shape index (κ1) is 18.4. The van der Waals surface area contributed by atoms with Crippen molar-refractivity contribution in [1.82, 2.24) is 10.3 Å². The maximum absolute atomic E-state index is 13.8. The molecule has 0 radical (unpaired) electrons. The van der Waals surface area contributed by atoms with Gasteiger partial charge in [-0.15, -0.1) is 0 Å². The number of rotatable bonds is 5. The van der Waals surface area contributed by atoms with Gasteiger partial charge in [-0.2, -0.15) is 0 Å². The number of nitrogens with zero attached hydrogens (tertiary/aromatic N) is 1. The van der Waals surface area contributed by atoms with E-state index >= 15 is 0 Å². The Bertz CT molecular complexity index is 739. The van der Waals surface area contributed by atoms with Crippen molar-refractivity contribution < 1.29 is 23.8 Å². The van der Waals surface area contributed by atoms with Crippen LogP contribution in [-0.2, 0) is 4.74 Å². The van der Waals surface area contributed by atoms with Crippen molar-refractivity contribution in [2.45, 2.75) is 38.2 Å². The summed E-state index contributed by atoms with van der Waals surface area (Å²) in [5.74, 6) is -0.986. The molecule has 0 bridgehead atoms. The van der Waals surface area contributed by atoms with Gasteiger partial charge in [0.1, 0.15) is 5.83 Å². The fourth-order valence-electron chi connectivity index (χ4n) is 3.09. The average molecular weight is 362 g/mol. The first-order valence-corrected chi connectivity index (χ1v) is 8.82. The summed E-state index contributed by atoms with van der Waals surface area (Å²) in [5.41, 5.74) is 0.838. The highest BCUT2D eigenvalue weighted by Crippen LogP contribution is 2.35. The van der Waals surface area contributed by atoms with Gasteiger partial charge in [0.2, 0.25) is 0 Å². The third-order valence-electron chi connectivity index (χ3n) is 4.56. The highest BCUT2D eigenvalue weighted by atomic mass is 19.1. The number of carbonyl (C=O) groups excluding carboxylic acids is 1. The molecular formula is C19H23FN2O4. The summed E-state index contributed by atoms with van der Waals surface area (Å²) in [6, 6.07) is 1.59. The van der Waals surface area contributed by atoms with Gasteiger partial charge in [0, 0.05) is 31.2 Å². The van der Waals surface area contributed by atoms with Crippen LogP contribution in [0.1, 0.15) is 54.4 Å². The molecule has 1 atom stereocenters. The van der Waals surface area contributed by atoms with Gasteiger partial charge >= 0.3 is 0 Å². The quantitative estimate of drug-likeness (QED) is 0.840. The summed E-state index contributed by atoms with van der Waals surface area (Å²) in [5, 5.41) is 12.9. The van der Waals surface area contributed by atoms with E-state index in [4.69, 9.17) is 9.47 Å². The van der Waals surface area contributed by atoms with E-state index in [1.807, 2.05) is 6.08 Å². The number of hydrogen-bond acceptors (Lipinski definition) is 5. The number of nitrogens with one attached hydrogen (secondary N) is 1. The lowest BCUT2D eigenvalue weighted by Gasteiger charge is -2.23. The van der Waals surface area contributed by atoms with Crippen molar-refractivity contribution in [3.05, 3.63) is 41.0 Å². The summed E-state index contributed by atoms with van der Waals surface area (Å²) in [6.07, 6.45) is 7.10. The number of methoxy groups -OCH3 is 1. The maximum atomic E-state index is 13.8. The molecule has 6 nitrogen and oxygen atoms in total. The van der Waals surface area contributed by atoms with Gasteiger partial charge in [0.05, 0.1) is 18.9 Å². The van der Waals surface area contributed by atoms with E-state index < -0.39 is 5.91 Å². The van der Waals surface area contributed by atoms with E-state index in [2.05, 4.69) is 10.3 Å². The number of amides is 1. The minimum absolute atomic E-state index is 0.0365. The second kappa shape index (κ2) is 8.31. The Balaban J connectivity index is 1.80. The highest BCUT2D eigenvalue weighted by molar-refractivity contribution is 5.95. The molecule has 1 aromatic rings. The monoisotopic (exact) mass is 362 g/mol. The van der Waals surface area contributed by atoms with Crippen molar-refractivity contribution in [1.29, 1.82) is 0 Å². The van der Waals surface area contributed by atoms with Gasteiger partial charge in [-0.05, 0) is 25.7 Å². The van der Waals surface area contributed by atoms with Crippen LogP contribution in [0.3, 0.4) is 0 Å². The van der Waals surface area contributed by atoms with E-state index in [0.717, 1.165) is 19.3 Å². The predicted octanol–water partition coefficient (Wildman–Crippen LogP) is 3.34. The van der Waals surface area contributed by atoms with Gasteiger partial charge < -0.3 is 19.9 Å². The molecule has 0 aromatic carbocycles. The second-order valence-corrected chi connectivity index (χ2v) is 6.36. The molecule has 1 amide bonds. The van der Waals surface area contributed by atoms with Crippen LogP contribution < -0.4 is 10.1 Å². The molecule has 2 N–H and O–H groups in total. The Morgan fingerprint density at radius 2 is 2.35 bits per heavy atom. The minimum Gasteiger partial charge on any atom is -0.503 e. The molecule has 2 aliphatic rings. The van der Waals surface area contributed by atoms with Crippen LogP contribution in [0.5, 0.6) is 11.5 Å². The smallest absolute Gasteiger partial charge is 0.274 e. The SMILES string of the molecule is COc1cc(C2CCCCO2)nc(C(=O)NCC2=C(F)CCC=C2)c1O. The number of hydrogen-bond donors (Lipinski definition) is 2. The van der Waals surface area contributed by atoms with Gasteiger partial charge in [-0.3, -0.25) is 4.79 Å². The molecule has 1 aliphatic heterocycles. The number of allylic oxidation sites excluding steroid dienone is 2. The molecule has 1 aliphatic carbocycles. The average Bonchev–Trinajstić information content (AvgIpc) is 2.68. The summed E-state index contributed by atoms with van der Waals surface area (Å²) in [4.78, 5) is 16.8. The van der Waals surface area contributed by atoms with Crippen LogP contribution >= 0.6 is 0 Å². The third-order valence-corrected chi connectivity index (χ3v) is 4.56. The van der Waals surface area contributed by atoms with Crippen molar-refractivity contribution in [3.8, 4) is 11.5 Å². The number of ether oxygens (including phenoxy) is 2. The van der Waals surface area contributed by atoms with Crippen molar-refractivity contribution in [2.75, 3.05) is 20.3 Å². The second-order valence-electron chi connectivity index (χ2n) is 6.36. The lowest BCUT2D eigenvalue weighted by molar-refractivity contribution is 0.0120. The molecule has 0 saturated carbocycles. The molecule has 2 heterocycles. The fraction of sp³-hybridized carbons (Fsp3) is 0.474. The van der Waals surface area contributed by atoms with Gasteiger partial charge in [0.25, 0.3) is 5.91 Å². The highest BCUT2D eigenvalue weighted by Gasteiger charge is 2.24. The zero-order chi connectivity index (χ0) is 18.5. The first-order chi connectivity index (χ1) is 12.6. The lowest BCUT2D eigenvalue weighted by atomic mass is 10.0. The van der Waals surface area contributed by atoms with Gasteiger partial charge in [-0.25, -0.2) is 9.37 Å². The normalized spacial score (nSPS) is 20.2. The Morgan fingerprint density at radius 3 is 3.04 bits per heavy atom. The summed E-state index contributed by atoms with van der Waals surface area (Å²) >= 11 is 0. The molecule has 0 spiro atoms. The number of carbonyl (C=O) groups is 1. The summed E-state index contributed by atoms with van der Waals surface area (Å²) in [6.45, 7) is 0.672. The number of halogens is 1. The Hall–Kier alpha value is -2.41. The molecule has 140 valence electrons. The summed E-state index contributed by atoms with van der Waals surface area (Å²) < 4.78 is 24.7. The van der Waals surface area contributed by atoms with Crippen molar-refractivity contribution in [2.24, 2.45) is 0 Å². The minimum atomic E-state index is -0.585. The van der Waals surface area contributed by atoms with Crippen molar-refractivity contribution in [3.63, 3.8) is 0 Å². The Morgan fingerprint density at radius 1 is 1.50 bits per heavy atom. The van der Waals surface area contributed by atoms with Crippen LogP contribution in [-0.4, -0.2) is 36.3 Å². The molecule has 26 heavy (non-hydrogen) atoms. The van der Waals surface area contributed by atoms with Crippen LogP contribution in [0.25, 0.3) is 0 Å². The van der Waals surface area contributed by atoms with E-state index in [1.54, 1.807) is 12.1 Å². The molecule has 1 aromatic heterocycles. The van der Waals surface area contributed by atoms with Crippen LogP contribution in [0.2, 0.25) is 0 Å². The molecule has 3 rings (SSSR count). The topological polar surface area (TPSA) is 80.7 Å². The largest absolute Gasteiger partial charge is 0.503 e. The molecule has 1 fully saturated rings. The van der Waals surface area contributed by atoms with E-state index in [-0.39, 0.29) is 35.7 Å². The first-order valence-electron chi connectivity index (χ1n) is 8.82. The predicted molar refractivity (Wildman–Crippen MR) is 93.8 cm³/mol. The van der Waals surface area contributed by atoms with Crippen LogP contribution in [0.4, 0.5) is 4.39 Å². The molecule has 7 heteroatoms. The standard InChI is InChI=1S/C19H23FN2O4/c1-25-16-10-14(15-8-4-5-9-26-15)22-17(18(16)23)19(24)21-11-12-6-2-3-7-13(12)20/h2,6,10,15,23H,3-5,7-9,11H2,1H3,(H,21,24). The van der Waals surface area contributed by atoms with Crippen LogP contribution in [0, 0.1) is 0 Å². The summed E-state index contributed by atoms with van der Waals surface area (Å²) in [7, 11) is 1.41. The van der Waals surface area contributed by atoms with Gasteiger partial charge in [0.15, 0.2) is 17.2 Å². The number of aromatic hydroxyl groups is 1. The van der Waals surface area contributed by atoms with E-state index in [0.29, 0.717) is 30.7 Å². The van der Waals surface area contributed by atoms with Gasteiger partial charge in [-0.1, -0.05) is 12.2 Å². The van der Waals surface area contributed by atoms with E-state index in [1.165, 1.54) is 7.11 Å². The van der Waals surface area contributed by atoms with Crippen molar-refractivity contribution >= 4 is 5.91 Å². The maximum Gasteiger partial charge on any atom is 0.274 e. The lowest BCUT2D eigenvalue weighted by Crippen LogP contribution is -2.27. The molecule has 1 saturated heterocycles. The van der Waals surface area contributed by atoms with Crippen LogP contribution in [0.15, 0.2) is 29.6 Å².